The third-order valence-electron chi connectivity index (χ3n) is 2.40. The van der Waals surface area contributed by atoms with Crippen LogP contribution >= 0.6 is 0 Å². The lowest BCUT2D eigenvalue weighted by Gasteiger charge is -2.01. The molecule has 6 heteroatoms. The zero-order valence-corrected chi connectivity index (χ0v) is 9.48. The highest BCUT2D eigenvalue weighted by atomic mass is 19.1. The number of nitrogens with zero attached hydrogens (tertiary/aromatic N) is 2. The van der Waals surface area contributed by atoms with Crippen LogP contribution in [0.5, 0.6) is 0 Å². The molecular formula is C11H12BFN2O2. The molecular weight excluding hydrogens is 222 g/mol. The summed E-state index contributed by atoms with van der Waals surface area (Å²) >= 11 is 0. The summed E-state index contributed by atoms with van der Waals surface area (Å²) in [6, 6.07) is 4.10. The summed E-state index contributed by atoms with van der Waals surface area (Å²) in [7, 11) is -0.265. The lowest BCUT2D eigenvalue weighted by molar-refractivity contribution is 0.502. The second kappa shape index (κ2) is 5.10. The largest absolute Gasteiger partial charge is 0.449 e. The molecule has 0 unspecified atom stereocenters. The van der Waals surface area contributed by atoms with E-state index in [4.69, 9.17) is 9.44 Å². The third-order valence-corrected chi connectivity index (χ3v) is 2.40. The van der Waals surface area contributed by atoms with Crippen LogP contribution in [-0.4, -0.2) is 22.7 Å². The summed E-state index contributed by atoms with van der Waals surface area (Å²) in [5.74, 6) is 0.472. The Morgan fingerprint density at radius 1 is 1.41 bits per heavy atom. The van der Waals surface area contributed by atoms with Gasteiger partial charge in [-0.3, -0.25) is 0 Å². The molecule has 0 aliphatic carbocycles. The second-order valence-corrected chi connectivity index (χ2v) is 3.71. The van der Waals surface area contributed by atoms with Gasteiger partial charge in [-0.1, -0.05) is 6.92 Å². The smallest absolute Gasteiger partial charge is 0.305 e. The van der Waals surface area contributed by atoms with Gasteiger partial charge in [-0.25, -0.2) is 4.39 Å². The van der Waals surface area contributed by atoms with E-state index >= 15 is 0 Å². The Morgan fingerprint density at radius 2 is 2.24 bits per heavy atom. The summed E-state index contributed by atoms with van der Waals surface area (Å²) in [6.07, 6.45) is 1.63. The molecule has 1 heterocycles. The Balaban J connectivity index is 2.37. The molecule has 2 aromatic rings. The maximum atomic E-state index is 13.0. The van der Waals surface area contributed by atoms with Crippen LogP contribution in [0.3, 0.4) is 0 Å². The van der Waals surface area contributed by atoms with Gasteiger partial charge < -0.3 is 9.44 Å². The van der Waals surface area contributed by atoms with Crippen molar-refractivity contribution in [2.75, 3.05) is 0 Å². The molecule has 17 heavy (non-hydrogen) atoms. The first-order valence-corrected chi connectivity index (χ1v) is 5.46. The van der Waals surface area contributed by atoms with E-state index in [0.29, 0.717) is 29.2 Å². The SMILES string of the molecule is CCCc1nnc(-c2ccc(F)cc2BO)o1. The van der Waals surface area contributed by atoms with Crippen molar-refractivity contribution >= 4 is 12.9 Å². The minimum atomic E-state index is -0.397. The molecule has 1 aromatic heterocycles. The van der Waals surface area contributed by atoms with Crippen LogP contribution in [0.15, 0.2) is 22.6 Å². The van der Waals surface area contributed by atoms with E-state index in [9.17, 15) is 4.39 Å². The fourth-order valence-corrected chi connectivity index (χ4v) is 1.58. The van der Waals surface area contributed by atoms with E-state index in [1.54, 1.807) is 0 Å². The van der Waals surface area contributed by atoms with E-state index in [1.807, 2.05) is 6.92 Å². The molecule has 0 saturated carbocycles. The molecule has 0 amide bonds. The first kappa shape index (κ1) is 11.8. The number of aromatic nitrogens is 2. The van der Waals surface area contributed by atoms with Crippen molar-refractivity contribution in [3.63, 3.8) is 0 Å². The minimum absolute atomic E-state index is 0.265. The molecule has 1 N–H and O–H groups in total. The van der Waals surface area contributed by atoms with Crippen molar-refractivity contribution in [2.45, 2.75) is 19.8 Å². The van der Waals surface area contributed by atoms with Gasteiger partial charge in [0.2, 0.25) is 11.8 Å². The highest BCUT2D eigenvalue weighted by molar-refractivity contribution is 6.47. The Labute approximate surface area is 98.8 Å². The van der Waals surface area contributed by atoms with Crippen LogP contribution in [-0.2, 0) is 6.42 Å². The highest BCUT2D eigenvalue weighted by Crippen LogP contribution is 2.16. The lowest BCUT2D eigenvalue weighted by Crippen LogP contribution is -2.17. The van der Waals surface area contributed by atoms with Gasteiger partial charge in [0.1, 0.15) is 5.82 Å². The number of benzene rings is 1. The molecule has 0 aliphatic rings. The summed E-state index contributed by atoms with van der Waals surface area (Å²) in [4.78, 5) is 0. The number of halogens is 1. The molecule has 1 aromatic carbocycles. The highest BCUT2D eigenvalue weighted by Gasteiger charge is 2.13. The molecule has 88 valence electrons. The van der Waals surface area contributed by atoms with E-state index in [2.05, 4.69) is 10.2 Å². The van der Waals surface area contributed by atoms with Gasteiger partial charge in [0.25, 0.3) is 0 Å². The number of aryl methyl sites for hydroxylation is 1. The number of hydrogen-bond donors (Lipinski definition) is 1. The number of rotatable bonds is 4. The van der Waals surface area contributed by atoms with E-state index in [1.165, 1.54) is 18.2 Å². The van der Waals surface area contributed by atoms with Crippen molar-refractivity contribution in [3.8, 4) is 11.5 Å². The Bertz CT molecular complexity index is 516. The fourth-order valence-electron chi connectivity index (χ4n) is 1.58. The van der Waals surface area contributed by atoms with Gasteiger partial charge in [0.05, 0.1) is 0 Å². The van der Waals surface area contributed by atoms with Crippen LogP contribution in [0.2, 0.25) is 0 Å². The van der Waals surface area contributed by atoms with Crippen LogP contribution < -0.4 is 5.46 Å². The molecule has 0 fully saturated rings. The summed E-state index contributed by atoms with van der Waals surface area (Å²) in [5.41, 5.74) is 1.01. The monoisotopic (exact) mass is 234 g/mol. The van der Waals surface area contributed by atoms with Crippen LogP contribution in [0.1, 0.15) is 19.2 Å². The van der Waals surface area contributed by atoms with Crippen LogP contribution in [0.4, 0.5) is 4.39 Å². The molecule has 2 rings (SSSR count). The predicted molar refractivity (Wildman–Crippen MR) is 62.7 cm³/mol. The maximum Gasteiger partial charge on any atom is 0.305 e. The van der Waals surface area contributed by atoms with E-state index < -0.39 is 5.82 Å². The fraction of sp³-hybridized carbons (Fsp3) is 0.273. The van der Waals surface area contributed by atoms with Crippen LogP contribution in [0, 0.1) is 5.82 Å². The third kappa shape index (κ3) is 2.53. The average Bonchev–Trinajstić information content (AvgIpc) is 2.78. The van der Waals surface area contributed by atoms with Crippen molar-refractivity contribution in [2.24, 2.45) is 0 Å². The minimum Gasteiger partial charge on any atom is -0.449 e. The Hall–Kier alpha value is -1.69. The van der Waals surface area contributed by atoms with Gasteiger partial charge in [-0.2, -0.15) is 0 Å². The first-order valence-electron chi connectivity index (χ1n) is 5.46. The van der Waals surface area contributed by atoms with Crippen molar-refractivity contribution in [3.05, 3.63) is 29.9 Å². The molecule has 0 atom stereocenters. The Morgan fingerprint density at radius 3 is 2.94 bits per heavy atom. The quantitative estimate of drug-likeness (QED) is 0.794. The topological polar surface area (TPSA) is 59.2 Å². The number of hydrogen-bond acceptors (Lipinski definition) is 4. The van der Waals surface area contributed by atoms with Gasteiger partial charge in [0.15, 0.2) is 0 Å². The molecule has 0 radical (unpaired) electrons. The summed E-state index contributed by atoms with van der Waals surface area (Å²) in [6.45, 7) is 2.01. The molecule has 4 nitrogen and oxygen atoms in total. The summed E-state index contributed by atoms with van der Waals surface area (Å²) < 4.78 is 18.4. The second-order valence-electron chi connectivity index (χ2n) is 3.71. The van der Waals surface area contributed by atoms with Crippen molar-refractivity contribution < 1.29 is 13.8 Å². The molecule has 0 bridgehead atoms. The summed E-state index contributed by atoms with van der Waals surface area (Å²) in [5, 5.41) is 16.9. The predicted octanol–water partition coefficient (Wildman–Crippen LogP) is 0.797. The average molecular weight is 234 g/mol. The zero-order valence-electron chi connectivity index (χ0n) is 9.48. The van der Waals surface area contributed by atoms with Gasteiger partial charge in [0, 0.05) is 12.0 Å². The van der Waals surface area contributed by atoms with Crippen molar-refractivity contribution in [1.82, 2.24) is 10.2 Å². The molecule has 0 aliphatic heterocycles. The Kier molecular flexibility index (Phi) is 3.53. The first-order chi connectivity index (χ1) is 8.24. The van der Waals surface area contributed by atoms with Gasteiger partial charge in [-0.05, 0) is 30.1 Å². The van der Waals surface area contributed by atoms with Gasteiger partial charge in [-0.15, -0.1) is 10.2 Å². The standard InChI is InChI=1S/C11H12BFN2O2/c1-2-3-10-14-15-11(17-10)8-5-4-7(13)6-9(8)12-16/h4-6,12,16H,2-3H2,1H3. The molecule has 0 saturated heterocycles. The normalized spacial score (nSPS) is 10.5. The van der Waals surface area contributed by atoms with Gasteiger partial charge >= 0.3 is 7.48 Å². The van der Waals surface area contributed by atoms with E-state index in [-0.39, 0.29) is 7.48 Å². The van der Waals surface area contributed by atoms with Crippen molar-refractivity contribution in [1.29, 1.82) is 0 Å². The lowest BCUT2D eigenvalue weighted by atomic mass is 9.84. The zero-order chi connectivity index (χ0) is 12.3. The van der Waals surface area contributed by atoms with Crippen LogP contribution in [0.25, 0.3) is 11.5 Å². The maximum absolute atomic E-state index is 13.0. The molecule has 0 spiro atoms. The van der Waals surface area contributed by atoms with E-state index in [0.717, 1.165) is 6.42 Å².